The number of aryl methyl sites for hydroxylation is 2. The second-order valence-corrected chi connectivity index (χ2v) is 7.72. The SMILES string of the molecule is Cc1nc2c(s1)CCC[C@@H]2NC(=O)c1ccc(C#CC(C)(C)O)o1. The third-order valence-electron chi connectivity index (χ3n) is 3.69. The number of hydrogen-bond acceptors (Lipinski definition) is 5. The van der Waals surface area contributed by atoms with Gasteiger partial charge < -0.3 is 14.8 Å². The van der Waals surface area contributed by atoms with E-state index in [2.05, 4.69) is 22.1 Å². The maximum Gasteiger partial charge on any atom is 0.287 e. The predicted molar refractivity (Wildman–Crippen MR) is 91.9 cm³/mol. The molecule has 1 aliphatic carbocycles. The molecule has 0 aromatic carbocycles. The van der Waals surface area contributed by atoms with Crippen molar-refractivity contribution in [3.63, 3.8) is 0 Å². The highest BCUT2D eigenvalue weighted by molar-refractivity contribution is 7.11. The predicted octanol–water partition coefficient (Wildman–Crippen LogP) is 2.97. The molecule has 0 aliphatic heterocycles. The number of aromatic nitrogens is 1. The van der Waals surface area contributed by atoms with Gasteiger partial charge in [-0.1, -0.05) is 5.92 Å². The summed E-state index contributed by atoms with van der Waals surface area (Å²) >= 11 is 1.70. The molecule has 0 unspecified atom stereocenters. The lowest BCUT2D eigenvalue weighted by atomic mass is 9.97. The maximum atomic E-state index is 12.4. The molecule has 0 spiro atoms. The molecule has 5 nitrogen and oxygen atoms in total. The number of carbonyl (C=O) groups excluding carboxylic acids is 1. The number of carbonyl (C=O) groups is 1. The van der Waals surface area contributed by atoms with Crippen LogP contribution in [0.15, 0.2) is 16.5 Å². The van der Waals surface area contributed by atoms with Gasteiger partial charge >= 0.3 is 0 Å². The van der Waals surface area contributed by atoms with E-state index in [1.54, 1.807) is 37.3 Å². The molecule has 0 saturated carbocycles. The fraction of sp³-hybridized carbons (Fsp3) is 0.444. The molecule has 0 radical (unpaired) electrons. The van der Waals surface area contributed by atoms with E-state index in [0.29, 0.717) is 5.76 Å². The summed E-state index contributed by atoms with van der Waals surface area (Å²) < 4.78 is 5.46. The summed E-state index contributed by atoms with van der Waals surface area (Å²) in [6.45, 7) is 5.17. The van der Waals surface area contributed by atoms with Crippen LogP contribution < -0.4 is 5.32 Å². The number of furan rings is 1. The molecule has 2 aromatic heterocycles. The third kappa shape index (κ3) is 3.86. The van der Waals surface area contributed by atoms with Crippen molar-refractivity contribution in [2.45, 2.75) is 51.7 Å². The van der Waals surface area contributed by atoms with Gasteiger partial charge in [-0.05, 0) is 58.1 Å². The Balaban J connectivity index is 1.72. The molecule has 2 heterocycles. The average Bonchev–Trinajstić information content (AvgIpc) is 3.10. The van der Waals surface area contributed by atoms with E-state index in [1.165, 1.54) is 4.88 Å². The topological polar surface area (TPSA) is 75.4 Å². The molecule has 0 saturated heterocycles. The van der Waals surface area contributed by atoms with Crippen LogP contribution >= 0.6 is 11.3 Å². The van der Waals surface area contributed by atoms with Crippen LogP contribution in [0.1, 0.15) is 64.6 Å². The number of amides is 1. The van der Waals surface area contributed by atoms with Gasteiger partial charge in [0, 0.05) is 4.88 Å². The third-order valence-corrected chi connectivity index (χ3v) is 4.73. The molecule has 3 rings (SSSR count). The van der Waals surface area contributed by atoms with E-state index < -0.39 is 5.60 Å². The maximum absolute atomic E-state index is 12.4. The molecule has 6 heteroatoms. The number of hydrogen-bond donors (Lipinski definition) is 2. The number of thiazole rings is 1. The van der Waals surface area contributed by atoms with Crippen molar-refractivity contribution in [1.29, 1.82) is 0 Å². The van der Waals surface area contributed by atoms with Gasteiger partial charge in [0.2, 0.25) is 0 Å². The van der Waals surface area contributed by atoms with E-state index in [9.17, 15) is 9.90 Å². The van der Waals surface area contributed by atoms with Crippen LogP contribution in [0.3, 0.4) is 0 Å². The van der Waals surface area contributed by atoms with Crippen LogP contribution in [-0.4, -0.2) is 21.6 Å². The fourth-order valence-electron chi connectivity index (χ4n) is 2.65. The Morgan fingerprint density at radius 2 is 2.29 bits per heavy atom. The van der Waals surface area contributed by atoms with Crippen molar-refractivity contribution in [2.75, 3.05) is 0 Å². The van der Waals surface area contributed by atoms with Gasteiger partial charge in [-0.25, -0.2) is 4.98 Å². The van der Waals surface area contributed by atoms with Crippen LogP contribution in [0.2, 0.25) is 0 Å². The van der Waals surface area contributed by atoms with Crippen LogP contribution in [0.5, 0.6) is 0 Å². The Hall–Kier alpha value is -2.10. The molecule has 2 N–H and O–H groups in total. The van der Waals surface area contributed by atoms with Crippen molar-refractivity contribution < 1.29 is 14.3 Å². The van der Waals surface area contributed by atoms with Crippen molar-refractivity contribution in [3.05, 3.63) is 39.2 Å². The van der Waals surface area contributed by atoms with E-state index in [-0.39, 0.29) is 17.7 Å². The summed E-state index contributed by atoms with van der Waals surface area (Å²) in [5.74, 6) is 5.69. The van der Waals surface area contributed by atoms with E-state index in [0.717, 1.165) is 30.0 Å². The summed E-state index contributed by atoms with van der Waals surface area (Å²) in [4.78, 5) is 18.2. The molecule has 126 valence electrons. The van der Waals surface area contributed by atoms with Gasteiger partial charge in [-0.2, -0.15) is 0 Å². The summed E-state index contributed by atoms with van der Waals surface area (Å²) in [5, 5.41) is 13.6. The van der Waals surface area contributed by atoms with Crippen molar-refractivity contribution >= 4 is 17.2 Å². The highest BCUT2D eigenvalue weighted by Crippen LogP contribution is 2.33. The smallest absolute Gasteiger partial charge is 0.287 e. The first kappa shape index (κ1) is 16.7. The lowest BCUT2D eigenvalue weighted by Crippen LogP contribution is -2.30. The largest absolute Gasteiger partial charge is 0.443 e. The normalized spacial score (nSPS) is 16.9. The van der Waals surface area contributed by atoms with Gasteiger partial charge in [-0.15, -0.1) is 11.3 Å². The van der Waals surface area contributed by atoms with Crippen LogP contribution in [0.4, 0.5) is 0 Å². The first-order valence-corrected chi connectivity index (χ1v) is 8.76. The number of fused-ring (bicyclic) bond motifs is 1. The van der Waals surface area contributed by atoms with Crippen LogP contribution in [0.25, 0.3) is 0 Å². The van der Waals surface area contributed by atoms with E-state index in [4.69, 9.17) is 4.42 Å². The number of nitrogens with zero attached hydrogens (tertiary/aromatic N) is 1. The van der Waals surface area contributed by atoms with E-state index in [1.807, 2.05) is 6.92 Å². The Kier molecular flexibility index (Phi) is 4.48. The van der Waals surface area contributed by atoms with Gasteiger partial charge in [-0.3, -0.25) is 4.79 Å². The molecular weight excluding hydrogens is 324 g/mol. The first-order valence-electron chi connectivity index (χ1n) is 7.94. The highest BCUT2D eigenvalue weighted by Gasteiger charge is 2.26. The lowest BCUT2D eigenvalue weighted by Gasteiger charge is -2.21. The molecule has 0 fully saturated rings. The second-order valence-electron chi connectivity index (χ2n) is 6.43. The zero-order valence-electron chi connectivity index (χ0n) is 14.0. The Bertz CT molecular complexity index is 817. The molecule has 24 heavy (non-hydrogen) atoms. The van der Waals surface area contributed by atoms with Crippen molar-refractivity contribution in [2.24, 2.45) is 0 Å². The molecule has 1 atom stereocenters. The first-order chi connectivity index (χ1) is 11.3. The molecule has 1 aliphatic rings. The average molecular weight is 344 g/mol. The molecule has 2 aromatic rings. The minimum Gasteiger partial charge on any atom is -0.443 e. The second kappa shape index (κ2) is 6.42. The Labute approximate surface area is 145 Å². The minimum atomic E-state index is -1.10. The summed E-state index contributed by atoms with van der Waals surface area (Å²) in [6.07, 6.45) is 2.96. The van der Waals surface area contributed by atoms with Crippen LogP contribution in [-0.2, 0) is 6.42 Å². The zero-order valence-corrected chi connectivity index (χ0v) is 14.8. The fourth-order valence-corrected chi connectivity index (χ4v) is 3.69. The van der Waals surface area contributed by atoms with Crippen molar-refractivity contribution in [3.8, 4) is 11.8 Å². The lowest BCUT2D eigenvalue weighted by molar-refractivity contribution is 0.0903. The van der Waals surface area contributed by atoms with Gasteiger partial charge in [0.1, 0.15) is 5.60 Å². The quantitative estimate of drug-likeness (QED) is 0.821. The molecule has 1 amide bonds. The Morgan fingerprint density at radius 1 is 1.50 bits per heavy atom. The minimum absolute atomic E-state index is 0.0674. The van der Waals surface area contributed by atoms with Crippen molar-refractivity contribution in [1.82, 2.24) is 10.3 Å². The number of rotatable bonds is 2. The van der Waals surface area contributed by atoms with E-state index >= 15 is 0 Å². The van der Waals surface area contributed by atoms with Gasteiger partial charge in [0.05, 0.1) is 16.7 Å². The van der Waals surface area contributed by atoms with Gasteiger partial charge in [0.25, 0.3) is 5.91 Å². The monoisotopic (exact) mass is 344 g/mol. The van der Waals surface area contributed by atoms with Gasteiger partial charge in [0.15, 0.2) is 11.5 Å². The summed E-state index contributed by atoms with van der Waals surface area (Å²) in [7, 11) is 0. The molecule has 0 bridgehead atoms. The molecular formula is C18H20N2O3S. The number of nitrogens with one attached hydrogen (secondary N) is 1. The Morgan fingerprint density at radius 3 is 3.04 bits per heavy atom. The number of aliphatic hydroxyl groups is 1. The summed E-state index contributed by atoms with van der Waals surface area (Å²) in [6, 6.07) is 3.16. The highest BCUT2D eigenvalue weighted by atomic mass is 32.1. The summed E-state index contributed by atoms with van der Waals surface area (Å²) in [5.41, 5.74) is -0.110. The zero-order chi connectivity index (χ0) is 17.3. The van der Waals surface area contributed by atoms with Crippen LogP contribution in [0, 0.1) is 18.8 Å². The standard InChI is InChI=1S/C18H20N2O3S/c1-11-19-16-13(5-4-6-15(16)24-11)20-17(21)14-8-7-12(23-14)9-10-18(2,3)22/h7-8,13,22H,4-6H2,1-3H3,(H,20,21)/t13-/m0/s1.